The number of hydrogen-bond donors (Lipinski definition) is 1. The zero-order valence-electron chi connectivity index (χ0n) is 10.7. The Balaban J connectivity index is 2.97. The summed E-state index contributed by atoms with van der Waals surface area (Å²) in [5, 5.41) is 9.16. The molecule has 0 aliphatic rings. The fourth-order valence-electron chi connectivity index (χ4n) is 2.06. The van der Waals surface area contributed by atoms with Gasteiger partial charge in [0.15, 0.2) is 0 Å². The van der Waals surface area contributed by atoms with E-state index in [4.69, 9.17) is 5.11 Å². The van der Waals surface area contributed by atoms with Gasteiger partial charge in [-0.25, -0.2) is 4.79 Å². The van der Waals surface area contributed by atoms with Gasteiger partial charge in [0.25, 0.3) is 0 Å². The highest BCUT2D eigenvalue weighted by molar-refractivity contribution is 9.11. The van der Waals surface area contributed by atoms with Gasteiger partial charge in [-0.1, -0.05) is 34.1 Å². The Bertz CT molecular complexity index is 404. The zero-order valence-corrected chi connectivity index (χ0v) is 13.1. The first-order valence-electron chi connectivity index (χ1n) is 5.77. The van der Waals surface area contributed by atoms with Gasteiger partial charge >= 0.3 is 5.97 Å². The molecule has 0 spiro atoms. The number of halogens is 1. The molecule has 0 amide bonds. The quantitative estimate of drug-likeness (QED) is 0.863. The predicted molar refractivity (Wildman–Crippen MR) is 75.9 cm³/mol. The number of aromatic carboxylic acids is 1. The number of thiophene rings is 1. The Morgan fingerprint density at radius 1 is 1.53 bits per heavy atom. The van der Waals surface area contributed by atoms with Crippen molar-refractivity contribution in [1.82, 2.24) is 0 Å². The molecule has 1 aromatic rings. The lowest BCUT2D eigenvalue weighted by Gasteiger charge is -2.29. The third-order valence-corrected chi connectivity index (χ3v) is 4.83. The summed E-state index contributed by atoms with van der Waals surface area (Å²) in [5.74, 6) is -0.318. The molecule has 1 aromatic heterocycles. The molecule has 0 fully saturated rings. The predicted octanol–water partition coefficient (Wildman–Crippen LogP) is 4.82. The fourth-order valence-corrected chi connectivity index (χ4v) is 3.57. The first-order chi connectivity index (χ1) is 7.75. The van der Waals surface area contributed by atoms with E-state index in [9.17, 15) is 4.79 Å². The molecule has 2 nitrogen and oxygen atoms in total. The Morgan fingerprint density at radius 3 is 2.53 bits per heavy atom. The first-order valence-corrected chi connectivity index (χ1v) is 7.38. The van der Waals surface area contributed by atoms with Crippen molar-refractivity contribution in [3.05, 3.63) is 20.3 Å². The maximum Gasteiger partial charge on any atom is 0.346 e. The van der Waals surface area contributed by atoms with E-state index in [0.717, 1.165) is 22.2 Å². The van der Waals surface area contributed by atoms with Crippen molar-refractivity contribution in [3.8, 4) is 0 Å². The number of carboxylic acids is 1. The SMILES string of the molecule is CCC(Cc1cc(Br)sc1C(=O)O)C(C)(C)C. The van der Waals surface area contributed by atoms with Crippen molar-refractivity contribution in [1.29, 1.82) is 0 Å². The summed E-state index contributed by atoms with van der Waals surface area (Å²) in [5.41, 5.74) is 1.16. The smallest absolute Gasteiger partial charge is 0.346 e. The summed E-state index contributed by atoms with van der Waals surface area (Å²) < 4.78 is 0.897. The normalized spacial score (nSPS) is 13.7. The Kier molecular flexibility index (Phi) is 4.78. The van der Waals surface area contributed by atoms with Gasteiger partial charge in [0, 0.05) is 0 Å². The van der Waals surface area contributed by atoms with E-state index in [1.54, 1.807) is 0 Å². The lowest BCUT2D eigenvalue weighted by Crippen LogP contribution is -2.22. The molecule has 0 saturated heterocycles. The van der Waals surface area contributed by atoms with E-state index in [1.165, 1.54) is 11.3 Å². The van der Waals surface area contributed by atoms with Crippen LogP contribution in [0.4, 0.5) is 0 Å². The van der Waals surface area contributed by atoms with Gasteiger partial charge in [-0.15, -0.1) is 11.3 Å². The molecule has 0 saturated carbocycles. The molecule has 1 heterocycles. The molecule has 0 aliphatic heterocycles. The Morgan fingerprint density at radius 2 is 2.12 bits per heavy atom. The van der Waals surface area contributed by atoms with E-state index in [-0.39, 0.29) is 5.41 Å². The van der Waals surface area contributed by atoms with Gasteiger partial charge in [0.05, 0.1) is 3.79 Å². The first kappa shape index (κ1) is 14.7. The van der Waals surface area contributed by atoms with Gasteiger partial charge in [-0.3, -0.25) is 0 Å². The van der Waals surface area contributed by atoms with Crippen molar-refractivity contribution in [2.24, 2.45) is 11.3 Å². The van der Waals surface area contributed by atoms with Crippen LogP contribution in [-0.4, -0.2) is 11.1 Å². The van der Waals surface area contributed by atoms with Crippen molar-refractivity contribution >= 4 is 33.2 Å². The minimum atomic E-state index is -0.820. The third-order valence-electron chi connectivity index (χ3n) is 3.16. The van der Waals surface area contributed by atoms with Gasteiger partial charge in [-0.05, 0) is 45.3 Å². The summed E-state index contributed by atoms with van der Waals surface area (Å²) in [4.78, 5) is 11.6. The summed E-state index contributed by atoms with van der Waals surface area (Å²) in [7, 11) is 0. The van der Waals surface area contributed by atoms with Crippen molar-refractivity contribution in [2.75, 3.05) is 0 Å². The lowest BCUT2D eigenvalue weighted by molar-refractivity contribution is 0.0700. The third kappa shape index (κ3) is 3.81. The van der Waals surface area contributed by atoms with Crippen LogP contribution in [0.5, 0.6) is 0 Å². The molecule has 17 heavy (non-hydrogen) atoms. The molecule has 1 rings (SSSR count). The highest BCUT2D eigenvalue weighted by Crippen LogP contribution is 2.35. The monoisotopic (exact) mass is 318 g/mol. The molecule has 0 radical (unpaired) electrons. The lowest BCUT2D eigenvalue weighted by atomic mass is 9.76. The van der Waals surface area contributed by atoms with Crippen LogP contribution in [0.25, 0.3) is 0 Å². The van der Waals surface area contributed by atoms with Crippen molar-refractivity contribution < 1.29 is 9.90 Å². The molecule has 0 bridgehead atoms. The molecule has 0 aliphatic carbocycles. The molecular weight excluding hydrogens is 300 g/mol. The van der Waals surface area contributed by atoms with Crippen LogP contribution in [0.2, 0.25) is 0 Å². The van der Waals surface area contributed by atoms with Gasteiger partial charge in [0.2, 0.25) is 0 Å². The standard InChI is InChI=1S/C13H19BrO2S/c1-5-9(13(2,3)4)6-8-7-10(14)17-11(8)12(15)16/h7,9H,5-6H2,1-4H3,(H,15,16). The average Bonchev–Trinajstić information content (AvgIpc) is 2.54. The summed E-state index contributed by atoms with van der Waals surface area (Å²) in [6, 6.07) is 1.95. The van der Waals surface area contributed by atoms with Crippen LogP contribution in [0.3, 0.4) is 0 Å². The second-order valence-corrected chi connectivity index (χ2v) is 7.82. The summed E-state index contributed by atoms with van der Waals surface area (Å²) in [6.45, 7) is 8.80. The zero-order chi connectivity index (χ0) is 13.2. The summed E-state index contributed by atoms with van der Waals surface area (Å²) in [6.07, 6.45) is 1.90. The van der Waals surface area contributed by atoms with Gasteiger partial charge in [-0.2, -0.15) is 0 Å². The minimum Gasteiger partial charge on any atom is -0.477 e. The van der Waals surface area contributed by atoms with E-state index in [2.05, 4.69) is 43.6 Å². The molecule has 0 aromatic carbocycles. The fraction of sp³-hybridized carbons (Fsp3) is 0.615. The molecule has 96 valence electrons. The molecule has 1 unspecified atom stereocenters. The Labute approximate surface area is 115 Å². The van der Waals surface area contributed by atoms with Crippen LogP contribution in [-0.2, 0) is 6.42 Å². The molecular formula is C13H19BrO2S. The highest BCUT2D eigenvalue weighted by Gasteiger charge is 2.26. The van der Waals surface area contributed by atoms with E-state index >= 15 is 0 Å². The molecule has 4 heteroatoms. The largest absolute Gasteiger partial charge is 0.477 e. The van der Waals surface area contributed by atoms with Crippen LogP contribution in [0.1, 0.15) is 49.4 Å². The van der Waals surface area contributed by atoms with Crippen molar-refractivity contribution in [3.63, 3.8) is 0 Å². The van der Waals surface area contributed by atoms with Gasteiger partial charge in [0.1, 0.15) is 4.88 Å². The molecule has 1 atom stereocenters. The van der Waals surface area contributed by atoms with Gasteiger partial charge < -0.3 is 5.11 Å². The number of hydrogen-bond acceptors (Lipinski definition) is 2. The van der Waals surface area contributed by atoms with E-state index in [0.29, 0.717) is 10.8 Å². The number of rotatable bonds is 4. The second kappa shape index (κ2) is 5.53. The molecule has 1 N–H and O–H groups in total. The number of carboxylic acid groups (broad SMARTS) is 1. The Hall–Kier alpha value is -0.350. The number of carbonyl (C=O) groups is 1. The van der Waals surface area contributed by atoms with Crippen molar-refractivity contribution in [2.45, 2.75) is 40.5 Å². The summed E-state index contributed by atoms with van der Waals surface area (Å²) >= 11 is 4.67. The van der Waals surface area contributed by atoms with E-state index in [1.807, 2.05) is 6.07 Å². The van der Waals surface area contributed by atoms with Crippen LogP contribution < -0.4 is 0 Å². The minimum absolute atomic E-state index is 0.207. The van der Waals surface area contributed by atoms with Crippen LogP contribution in [0, 0.1) is 11.3 Å². The maximum atomic E-state index is 11.1. The second-order valence-electron chi connectivity index (χ2n) is 5.39. The maximum absolute atomic E-state index is 11.1. The van der Waals surface area contributed by atoms with Crippen LogP contribution >= 0.6 is 27.3 Å². The van der Waals surface area contributed by atoms with E-state index < -0.39 is 5.97 Å². The topological polar surface area (TPSA) is 37.3 Å². The van der Waals surface area contributed by atoms with Crippen LogP contribution in [0.15, 0.2) is 9.85 Å². The average molecular weight is 319 g/mol. The highest BCUT2D eigenvalue weighted by atomic mass is 79.9.